The van der Waals surface area contributed by atoms with Crippen molar-refractivity contribution in [3.8, 4) is 5.75 Å². The minimum atomic E-state index is -0.175. The molecular weight excluding hydrogens is 240 g/mol. The lowest BCUT2D eigenvalue weighted by Gasteiger charge is -2.29. The van der Waals surface area contributed by atoms with Crippen LogP contribution in [0.2, 0.25) is 0 Å². The molecule has 1 aliphatic rings. The van der Waals surface area contributed by atoms with Gasteiger partial charge in [0.15, 0.2) is 0 Å². The fourth-order valence-corrected chi connectivity index (χ4v) is 2.65. The summed E-state index contributed by atoms with van der Waals surface area (Å²) in [6.07, 6.45) is 4.44. The van der Waals surface area contributed by atoms with Crippen molar-refractivity contribution in [2.24, 2.45) is 0 Å². The second kappa shape index (κ2) is 5.70. The van der Waals surface area contributed by atoms with E-state index < -0.39 is 0 Å². The fourth-order valence-electron chi connectivity index (χ4n) is 2.65. The van der Waals surface area contributed by atoms with E-state index in [9.17, 15) is 5.11 Å². The number of nitrogens with one attached hydrogen (secondary N) is 1. The Kier molecular flexibility index (Phi) is 4.20. The van der Waals surface area contributed by atoms with Crippen LogP contribution in [0, 0.1) is 0 Å². The largest absolute Gasteiger partial charge is 0.489 e. The Morgan fingerprint density at radius 3 is 2.63 bits per heavy atom. The van der Waals surface area contributed by atoms with E-state index in [2.05, 4.69) is 5.32 Å². The van der Waals surface area contributed by atoms with Gasteiger partial charge in [0.25, 0.3) is 0 Å². The van der Waals surface area contributed by atoms with E-state index in [1.165, 1.54) is 0 Å². The van der Waals surface area contributed by atoms with Crippen molar-refractivity contribution in [1.82, 2.24) is 0 Å². The summed E-state index contributed by atoms with van der Waals surface area (Å²) in [4.78, 5) is 0. The third-order valence-electron chi connectivity index (χ3n) is 3.65. The Labute approximate surface area is 115 Å². The zero-order valence-corrected chi connectivity index (χ0v) is 11.8. The third-order valence-corrected chi connectivity index (χ3v) is 3.65. The van der Waals surface area contributed by atoms with Gasteiger partial charge in [0.05, 0.1) is 23.9 Å². The van der Waals surface area contributed by atoms with E-state index in [0.29, 0.717) is 11.4 Å². The summed E-state index contributed by atoms with van der Waals surface area (Å²) in [7, 11) is 0. The van der Waals surface area contributed by atoms with Gasteiger partial charge in [-0.05, 0) is 38.8 Å². The van der Waals surface area contributed by atoms with Crippen LogP contribution >= 0.6 is 0 Å². The molecule has 4 nitrogen and oxygen atoms in total. The molecule has 1 aliphatic carbocycles. The summed E-state index contributed by atoms with van der Waals surface area (Å²) < 4.78 is 5.69. The van der Waals surface area contributed by atoms with E-state index in [-0.39, 0.29) is 18.2 Å². The molecule has 1 aromatic carbocycles. The number of ether oxygens (including phenoxy) is 1. The molecule has 2 rings (SSSR count). The summed E-state index contributed by atoms with van der Waals surface area (Å²) >= 11 is 0. The zero-order chi connectivity index (χ0) is 13.9. The van der Waals surface area contributed by atoms with Crippen molar-refractivity contribution >= 4 is 11.4 Å². The first-order valence-corrected chi connectivity index (χ1v) is 7.00. The highest BCUT2D eigenvalue weighted by molar-refractivity contribution is 5.62. The van der Waals surface area contributed by atoms with Crippen LogP contribution in [0.15, 0.2) is 18.2 Å². The average molecular weight is 264 g/mol. The van der Waals surface area contributed by atoms with Gasteiger partial charge in [-0.1, -0.05) is 12.8 Å². The molecule has 0 unspecified atom stereocenters. The topological polar surface area (TPSA) is 67.5 Å². The van der Waals surface area contributed by atoms with Crippen LogP contribution < -0.4 is 15.8 Å². The monoisotopic (exact) mass is 264 g/mol. The Morgan fingerprint density at radius 1 is 1.37 bits per heavy atom. The van der Waals surface area contributed by atoms with E-state index in [0.717, 1.165) is 31.4 Å². The normalized spacial score (nSPS) is 17.7. The molecule has 1 saturated carbocycles. The number of aliphatic hydroxyl groups excluding tert-OH is 1. The molecule has 0 radical (unpaired) electrons. The summed E-state index contributed by atoms with van der Waals surface area (Å²) in [5.74, 6) is 0.700. The van der Waals surface area contributed by atoms with Crippen molar-refractivity contribution in [2.45, 2.75) is 51.2 Å². The molecule has 106 valence electrons. The van der Waals surface area contributed by atoms with Crippen molar-refractivity contribution in [2.75, 3.05) is 17.7 Å². The SMILES string of the molecule is CC(C)Oc1cc(NC2(CO)CCCC2)ccc1N. The number of aliphatic hydroxyl groups is 1. The first-order valence-electron chi connectivity index (χ1n) is 7.00. The molecule has 0 saturated heterocycles. The number of nitrogens with two attached hydrogens (primary N) is 1. The van der Waals surface area contributed by atoms with Gasteiger partial charge in [-0.3, -0.25) is 0 Å². The highest BCUT2D eigenvalue weighted by Crippen LogP contribution is 2.34. The van der Waals surface area contributed by atoms with Gasteiger partial charge in [-0.25, -0.2) is 0 Å². The first kappa shape index (κ1) is 14.0. The fraction of sp³-hybridized carbons (Fsp3) is 0.600. The Morgan fingerprint density at radius 2 is 2.05 bits per heavy atom. The number of anilines is 2. The lowest BCUT2D eigenvalue weighted by Crippen LogP contribution is -2.38. The standard InChI is InChI=1S/C15H24N2O2/c1-11(2)19-14-9-12(5-6-13(14)16)17-15(10-18)7-3-4-8-15/h5-6,9,11,17-18H,3-4,7-8,10,16H2,1-2H3. The van der Waals surface area contributed by atoms with Crippen LogP contribution in [0.3, 0.4) is 0 Å². The quantitative estimate of drug-likeness (QED) is 0.715. The summed E-state index contributed by atoms with van der Waals surface area (Å²) in [5.41, 5.74) is 7.34. The molecule has 0 bridgehead atoms. The van der Waals surface area contributed by atoms with Crippen LogP contribution in [0.5, 0.6) is 5.75 Å². The van der Waals surface area contributed by atoms with Crippen molar-refractivity contribution in [1.29, 1.82) is 0 Å². The smallest absolute Gasteiger partial charge is 0.144 e. The van der Waals surface area contributed by atoms with Crippen LogP contribution in [-0.4, -0.2) is 23.4 Å². The maximum absolute atomic E-state index is 9.63. The Bertz CT molecular complexity index is 426. The van der Waals surface area contributed by atoms with E-state index in [1.54, 1.807) is 0 Å². The van der Waals surface area contributed by atoms with Gasteiger partial charge in [0.2, 0.25) is 0 Å². The second-order valence-electron chi connectivity index (χ2n) is 5.69. The number of nitrogen functional groups attached to an aromatic ring is 1. The van der Waals surface area contributed by atoms with Gasteiger partial charge in [-0.2, -0.15) is 0 Å². The Hall–Kier alpha value is -1.42. The predicted octanol–water partition coefficient (Wildman–Crippen LogP) is 2.77. The highest BCUT2D eigenvalue weighted by Gasteiger charge is 2.33. The first-order chi connectivity index (χ1) is 9.04. The molecule has 0 atom stereocenters. The number of hydrogen-bond acceptors (Lipinski definition) is 4. The number of benzene rings is 1. The lowest BCUT2D eigenvalue weighted by atomic mass is 9.98. The molecule has 1 aromatic rings. The van der Waals surface area contributed by atoms with E-state index in [1.807, 2.05) is 32.0 Å². The van der Waals surface area contributed by atoms with Crippen LogP contribution in [0.1, 0.15) is 39.5 Å². The van der Waals surface area contributed by atoms with Crippen LogP contribution in [0.4, 0.5) is 11.4 Å². The molecule has 0 spiro atoms. The summed E-state index contributed by atoms with van der Waals surface area (Å²) in [6.45, 7) is 4.12. The predicted molar refractivity (Wildman–Crippen MR) is 78.5 cm³/mol. The van der Waals surface area contributed by atoms with Gasteiger partial charge >= 0.3 is 0 Å². The molecular formula is C15H24N2O2. The van der Waals surface area contributed by atoms with E-state index >= 15 is 0 Å². The third kappa shape index (κ3) is 3.32. The van der Waals surface area contributed by atoms with E-state index in [4.69, 9.17) is 10.5 Å². The molecule has 0 aliphatic heterocycles. The van der Waals surface area contributed by atoms with Crippen LogP contribution in [0.25, 0.3) is 0 Å². The second-order valence-corrected chi connectivity index (χ2v) is 5.69. The summed E-state index contributed by atoms with van der Waals surface area (Å²) in [6, 6.07) is 5.71. The maximum Gasteiger partial charge on any atom is 0.144 e. The molecule has 19 heavy (non-hydrogen) atoms. The van der Waals surface area contributed by atoms with Gasteiger partial charge in [-0.15, -0.1) is 0 Å². The van der Waals surface area contributed by atoms with Gasteiger partial charge < -0.3 is 20.9 Å². The molecule has 1 fully saturated rings. The minimum absolute atomic E-state index is 0.0934. The lowest BCUT2D eigenvalue weighted by molar-refractivity contribution is 0.214. The van der Waals surface area contributed by atoms with Gasteiger partial charge in [0.1, 0.15) is 5.75 Å². The Balaban J connectivity index is 2.16. The van der Waals surface area contributed by atoms with Gasteiger partial charge in [0, 0.05) is 11.8 Å². The number of rotatable bonds is 5. The maximum atomic E-state index is 9.63. The highest BCUT2D eigenvalue weighted by atomic mass is 16.5. The molecule has 4 N–H and O–H groups in total. The summed E-state index contributed by atoms with van der Waals surface area (Å²) in [5, 5.41) is 13.1. The molecule has 0 aromatic heterocycles. The molecule has 0 amide bonds. The van der Waals surface area contributed by atoms with Crippen molar-refractivity contribution in [3.63, 3.8) is 0 Å². The number of hydrogen-bond donors (Lipinski definition) is 3. The minimum Gasteiger partial charge on any atom is -0.489 e. The molecule has 0 heterocycles. The zero-order valence-electron chi connectivity index (χ0n) is 11.8. The average Bonchev–Trinajstić information content (AvgIpc) is 2.82. The van der Waals surface area contributed by atoms with Crippen molar-refractivity contribution in [3.05, 3.63) is 18.2 Å². The van der Waals surface area contributed by atoms with Crippen molar-refractivity contribution < 1.29 is 9.84 Å². The molecule has 4 heteroatoms. The van der Waals surface area contributed by atoms with Crippen LogP contribution in [-0.2, 0) is 0 Å².